The number of nitrogens with zero attached hydrogens (tertiary/aromatic N) is 1. The standard InChI is InChI=1S/C10H12Br2N2/c11-7-5-9(12)10(14-6-7)3-4-13-8-1-2-8/h5-6,8,13H,1-4H2. The van der Waals surface area contributed by atoms with Crippen molar-refractivity contribution in [1.29, 1.82) is 0 Å². The van der Waals surface area contributed by atoms with E-state index in [1.807, 2.05) is 12.3 Å². The van der Waals surface area contributed by atoms with E-state index in [-0.39, 0.29) is 0 Å². The second-order valence-electron chi connectivity index (χ2n) is 3.56. The van der Waals surface area contributed by atoms with Crippen LogP contribution in [0.5, 0.6) is 0 Å². The van der Waals surface area contributed by atoms with E-state index in [4.69, 9.17) is 0 Å². The molecule has 0 amide bonds. The molecule has 1 fully saturated rings. The van der Waals surface area contributed by atoms with Gasteiger partial charge in [0.05, 0.1) is 5.69 Å². The summed E-state index contributed by atoms with van der Waals surface area (Å²) in [6, 6.07) is 2.82. The number of hydrogen-bond donors (Lipinski definition) is 1. The predicted molar refractivity (Wildman–Crippen MR) is 64.4 cm³/mol. The molecule has 0 saturated heterocycles. The third kappa shape index (κ3) is 3.04. The van der Waals surface area contributed by atoms with Crippen molar-refractivity contribution < 1.29 is 0 Å². The zero-order valence-electron chi connectivity index (χ0n) is 7.76. The van der Waals surface area contributed by atoms with E-state index in [1.54, 1.807) is 0 Å². The Kier molecular flexibility index (Phi) is 3.57. The minimum atomic E-state index is 0.782. The molecule has 1 aliphatic carbocycles. The zero-order chi connectivity index (χ0) is 9.97. The van der Waals surface area contributed by atoms with Gasteiger partial charge >= 0.3 is 0 Å². The van der Waals surface area contributed by atoms with Crippen molar-refractivity contribution in [2.24, 2.45) is 0 Å². The first-order valence-electron chi connectivity index (χ1n) is 4.79. The molecular weight excluding hydrogens is 308 g/mol. The Morgan fingerprint density at radius 2 is 2.21 bits per heavy atom. The van der Waals surface area contributed by atoms with Gasteiger partial charge in [0.25, 0.3) is 0 Å². The Hall–Kier alpha value is 0.0700. The number of halogens is 2. The van der Waals surface area contributed by atoms with Crippen LogP contribution in [0.15, 0.2) is 21.2 Å². The van der Waals surface area contributed by atoms with E-state index in [0.29, 0.717) is 0 Å². The first-order chi connectivity index (χ1) is 6.75. The largest absolute Gasteiger partial charge is 0.314 e. The van der Waals surface area contributed by atoms with Gasteiger partial charge in [-0.1, -0.05) is 0 Å². The molecule has 0 aromatic carbocycles. The maximum absolute atomic E-state index is 4.36. The van der Waals surface area contributed by atoms with E-state index in [2.05, 4.69) is 42.2 Å². The Morgan fingerprint density at radius 1 is 1.43 bits per heavy atom. The summed E-state index contributed by atoms with van der Waals surface area (Å²) >= 11 is 6.90. The van der Waals surface area contributed by atoms with Gasteiger partial charge in [0.1, 0.15) is 0 Å². The van der Waals surface area contributed by atoms with Crippen LogP contribution < -0.4 is 5.32 Å². The summed E-state index contributed by atoms with van der Waals surface area (Å²) in [5.41, 5.74) is 1.13. The minimum absolute atomic E-state index is 0.782. The Bertz CT molecular complexity index is 324. The van der Waals surface area contributed by atoms with Crippen LogP contribution in [0.3, 0.4) is 0 Å². The van der Waals surface area contributed by atoms with Crippen LogP contribution in [-0.2, 0) is 6.42 Å². The second kappa shape index (κ2) is 4.73. The van der Waals surface area contributed by atoms with Gasteiger partial charge in [-0.25, -0.2) is 0 Å². The lowest BCUT2D eigenvalue weighted by Crippen LogP contribution is -2.19. The van der Waals surface area contributed by atoms with Gasteiger partial charge in [-0.05, 0) is 50.8 Å². The van der Waals surface area contributed by atoms with Gasteiger partial charge in [0, 0.05) is 34.1 Å². The fraction of sp³-hybridized carbons (Fsp3) is 0.500. The highest BCUT2D eigenvalue weighted by Gasteiger charge is 2.19. The van der Waals surface area contributed by atoms with Crippen LogP contribution in [0.4, 0.5) is 0 Å². The molecule has 2 nitrogen and oxygen atoms in total. The molecule has 0 radical (unpaired) electrons. The Labute approximate surface area is 101 Å². The summed E-state index contributed by atoms with van der Waals surface area (Å²) in [6.07, 6.45) is 5.52. The molecule has 1 aromatic rings. The van der Waals surface area contributed by atoms with Crippen molar-refractivity contribution in [1.82, 2.24) is 10.3 Å². The third-order valence-electron chi connectivity index (χ3n) is 2.26. The van der Waals surface area contributed by atoms with Gasteiger partial charge in [-0.3, -0.25) is 4.98 Å². The highest BCUT2D eigenvalue weighted by molar-refractivity contribution is 9.11. The molecule has 2 rings (SSSR count). The summed E-state index contributed by atoms with van der Waals surface area (Å²) in [5.74, 6) is 0. The quantitative estimate of drug-likeness (QED) is 0.923. The first-order valence-corrected chi connectivity index (χ1v) is 6.37. The number of hydrogen-bond acceptors (Lipinski definition) is 2. The van der Waals surface area contributed by atoms with Gasteiger partial charge in [-0.2, -0.15) is 0 Å². The van der Waals surface area contributed by atoms with Gasteiger partial charge in [-0.15, -0.1) is 0 Å². The van der Waals surface area contributed by atoms with Crippen molar-refractivity contribution in [3.63, 3.8) is 0 Å². The van der Waals surface area contributed by atoms with Crippen LogP contribution in [0.25, 0.3) is 0 Å². The van der Waals surface area contributed by atoms with Crippen LogP contribution in [0, 0.1) is 0 Å². The lowest BCUT2D eigenvalue weighted by atomic mass is 10.3. The van der Waals surface area contributed by atoms with E-state index in [9.17, 15) is 0 Å². The molecule has 1 aromatic heterocycles. The third-order valence-corrected chi connectivity index (χ3v) is 3.38. The molecule has 76 valence electrons. The van der Waals surface area contributed by atoms with E-state index in [0.717, 1.165) is 33.6 Å². The van der Waals surface area contributed by atoms with Gasteiger partial charge in [0.15, 0.2) is 0 Å². The molecule has 1 heterocycles. The molecule has 1 saturated carbocycles. The Balaban J connectivity index is 1.87. The van der Waals surface area contributed by atoms with Crippen molar-refractivity contribution in [3.05, 3.63) is 26.9 Å². The fourth-order valence-corrected chi connectivity index (χ4v) is 2.49. The molecule has 0 atom stereocenters. The number of rotatable bonds is 4. The summed E-state index contributed by atoms with van der Waals surface area (Å²) in [7, 11) is 0. The Morgan fingerprint density at radius 3 is 2.86 bits per heavy atom. The SMILES string of the molecule is Brc1cnc(CCNC2CC2)c(Br)c1. The molecule has 0 aliphatic heterocycles. The smallest absolute Gasteiger partial charge is 0.0558 e. The van der Waals surface area contributed by atoms with Crippen LogP contribution in [-0.4, -0.2) is 17.6 Å². The van der Waals surface area contributed by atoms with Crippen molar-refractivity contribution in [3.8, 4) is 0 Å². The lowest BCUT2D eigenvalue weighted by Gasteiger charge is -2.04. The van der Waals surface area contributed by atoms with Crippen LogP contribution >= 0.6 is 31.9 Å². The first kappa shape index (κ1) is 10.6. The predicted octanol–water partition coefficient (Wildman–Crippen LogP) is 2.90. The molecule has 1 N–H and O–H groups in total. The molecule has 0 unspecified atom stereocenters. The average molecular weight is 320 g/mol. The fourth-order valence-electron chi connectivity index (χ4n) is 1.31. The van der Waals surface area contributed by atoms with Gasteiger partial charge in [0.2, 0.25) is 0 Å². The molecule has 14 heavy (non-hydrogen) atoms. The van der Waals surface area contributed by atoms with E-state index in [1.165, 1.54) is 12.8 Å². The molecule has 4 heteroatoms. The topological polar surface area (TPSA) is 24.9 Å². The molecule has 0 bridgehead atoms. The second-order valence-corrected chi connectivity index (χ2v) is 5.33. The van der Waals surface area contributed by atoms with Crippen molar-refractivity contribution in [2.45, 2.75) is 25.3 Å². The highest BCUT2D eigenvalue weighted by Crippen LogP contribution is 2.21. The monoisotopic (exact) mass is 318 g/mol. The van der Waals surface area contributed by atoms with Crippen LogP contribution in [0.1, 0.15) is 18.5 Å². The highest BCUT2D eigenvalue weighted by atomic mass is 79.9. The number of aromatic nitrogens is 1. The summed E-state index contributed by atoms with van der Waals surface area (Å²) in [6.45, 7) is 1.03. The lowest BCUT2D eigenvalue weighted by molar-refractivity contribution is 0.674. The summed E-state index contributed by atoms with van der Waals surface area (Å²) in [4.78, 5) is 4.36. The zero-order valence-corrected chi connectivity index (χ0v) is 10.9. The average Bonchev–Trinajstić information content (AvgIpc) is 2.92. The maximum atomic E-state index is 4.36. The van der Waals surface area contributed by atoms with E-state index >= 15 is 0 Å². The molecular formula is C10H12Br2N2. The normalized spacial score (nSPS) is 15.9. The van der Waals surface area contributed by atoms with E-state index < -0.39 is 0 Å². The maximum Gasteiger partial charge on any atom is 0.0558 e. The van der Waals surface area contributed by atoms with Crippen LogP contribution in [0.2, 0.25) is 0 Å². The molecule has 1 aliphatic rings. The number of nitrogens with one attached hydrogen (secondary N) is 1. The van der Waals surface area contributed by atoms with Crippen molar-refractivity contribution in [2.75, 3.05) is 6.54 Å². The number of pyridine rings is 1. The van der Waals surface area contributed by atoms with Gasteiger partial charge < -0.3 is 5.32 Å². The summed E-state index contributed by atoms with van der Waals surface area (Å²) < 4.78 is 2.10. The molecule has 0 spiro atoms. The van der Waals surface area contributed by atoms with Crippen molar-refractivity contribution >= 4 is 31.9 Å². The minimum Gasteiger partial charge on any atom is -0.314 e. The summed E-state index contributed by atoms with van der Waals surface area (Å²) in [5, 5.41) is 3.47.